The number of halogens is 2. The van der Waals surface area contributed by atoms with Crippen LogP contribution in [-0.2, 0) is 11.2 Å². The molecule has 7 heteroatoms. The highest BCUT2D eigenvalue weighted by Crippen LogP contribution is 2.39. The zero-order chi connectivity index (χ0) is 20.5. The standard InChI is InChI=1S/C22H23Cl2NO4/c1-13-17-12-21-20(27-8-3-9-28-21)10-15(17)6-7-25(13)22(26)14(2)29-19-5-4-16(23)11-18(19)24/h4-5,10-14H,3,6-9H2,1-2H3/t13-,14-/m1/s1. The van der Waals surface area contributed by atoms with Crippen LogP contribution < -0.4 is 14.2 Å². The Kier molecular flexibility index (Phi) is 5.79. The van der Waals surface area contributed by atoms with E-state index in [1.54, 1.807) is 25.1 Å². The summed E-state index contributed by atoms with van der Waals surface area (Å²) < 4.78 is 17.5. The van der Waals surface area contributed by atoms with Gasteiger partial charge in [0.25, 0.3) is 5.91 Å². The number of fused-ring (bicyclic) bond motifs is 2. The summed E-state index contributed by atoms with van der Waals surface area (Å²) >= 11 is 12.1. The molecule has 2 aliphatic heterocycles. The molecule has 0 saturated heterocycles. The third-order valence-corrected chi connectivity index (χ3v) is 5.91. The van der Waals surface area contributed by atoms with Crippen LogP contribution in [0, 0.1) is 0 Å². The Bertz CT molecular complexity index is 933. The van der Waals surface area contributed by atoms with E-state index in [2.05, 4.69) is 6.07 Å². The van der Waals surface area contributed by atoms with E-state index in [0.29, 0.717) is 35.6 Å². The molecule has 4 rings (SSSR count). The summed E-state index contributed by atoms with van der Waals surface area (Å²) in [6, 6.07) is 8.95. The first-order valence-electron chi connectivity index (χ1n) is 9.78. The summed E-state index contributed by atoms with van der Waals surface area (Å²) in [4.78, 5) is 15.0. The first-order chi connectivity index (χ1) is 13.9. The lowest BCUT2D eigenvalue weighted by Crippen LogP contribution is -2.45. The lowest BCUT2D eigenvalue weighted by Gasteiger charge is -2.37. The molecule has 2 aromatic rings. The lowest BCUT2D eigenvalue weighted by atomic mass is 9.92. The van der Waals surface area contributed by atoms with Gasteiger partial charge in [0.1, 0.15) is 5.75 Å². The molecule has 0 unspecified atom stereocenters. The highest BCUT2D eigenvalue weighted by atomic mass is 35.5. The molecule has 1 amide bonds. The van der Waals surface area contributed by atoms with Crippen molar-refractivity contribution in [1.29, 1.82) is 0 Å². The molecule has 2 heterocycles. The van der Waals surface area contributed by atoms with Crippen LogP contribution in [0.25, 0.3) is 0 Å². The van der Waals surface area contributed by atoms with E-state index < -0.39 is 6.10 Å². The van der Waals surface area contributed by atoms with Crippen molar-refractivity contribution in [1.82, 2.24) is 4.90 Å². The van der Waals surface area contributed by atoms with Crippen molar-refractivity contribution >= 4 is 29.1 Å². The monoisotopic (exact) mass is 435 g/mol. The van der Waals surface area contributed by atoms with Crippen LogP contribution in [0.15, 0.2) is 30.3 Å². The minimum Gasteiger partial charge on any atom is -0.490 e. The Morgan fingerprint density at radius 2 is 1.90 bits per heavy atom. The Morgan fingerprint density at radius 3 is 2.62 bits per heavy atom. The van der Waals surface area contributed by atoms with E-state index >= 15 is 0 Å². The molecule has 0 bridgehead atoms. The van der Waals surface area contributed by atoms with Crippen LogP contribution in [0.5, 0.6) is 17.2 Å². The van der Waals surface area contributed by atoms with E-state index in [1.165, 1.54) is 5.56 Å². The van der Waals surface area contributed by atoms with E-state index in [9.17, 15) is 4.79 Å². The molecule has 0 aliphatic carbocycles. The molecule has 0 spiro atoms. The number of hydrogen-bond acceptors (Lipinski definition) is 4. The SMILES string of the molecule is C[C@@H]1c2cc3c(cc2CCN1C(=O)[C@@H](C)Oc1ccc(Cl)cc1Cl)OCCCO3. The number of rotatable bonds is 3. The highest BCUT2D eigenvalue weighted by molar-refractivity contribution is 6.35. The van der Waals surface area contributed by atoms with Gasteiger partial charge in [0.05, 0.1) is 24.3 Å². The first-order valence-corrected chi connectivity index (χ1v) is 10.5. The van der Waals surface area contributed by atoms with Crippen LogP contribution in [0.2, 0.25) is 10.0 Å². The quantitative estimate of drug-likeness (QED) is 0.675. The molecule has 0 N–H and O–H groups in total. The predicted molar refractivity (Wildman–Crippen MR) is 112 cm³/mol. The molecule has 0 saturated carbocycles. The number of benzene rings is 2. The molecule has 2 atom stereocenters. The molecule has 2 aromatic carbocycles. The minimum absolute atomic E-state index is 0.0822. The third kappa shape index (κ3) is 4.12. The molecule has 2 aliphatic rings. The molecular weight excluding hydrogens is 413 g/mol. The van der Waals surface area contributed by atoms with Gasteiger partial charge in [-0.1, -0.05) is 23.2 Å². The number of hydrogen-bond donors (Lipinski definition) is 0. The maximum absolute atomic E-state index is 13.1. The Labute approximate surface area is 180 Å². The van der Waals surface area contributed by atoms with Gasteiger partial charge in [0, 0.05) is 18.0 Å². The van der Waals surface area contributed by atoms with Crippen LogP contribution in [0.1, 0.15) is 37.4 Å². The molecule has 0 aromatic heterocycles. The predicted octanol–water partition coefficient (Wildman–Crippen LogP) is 5.07. The van der Waals surface area contributed by atoms with Gasteiger partial charge in [-0.05, 0) is 61.7 Å². The van der Waals surface area contributed by atoms with Crippen LogP contribution in [-0.4, -0.2) is 36.7 Å². The van der Waals surface area contributed by atoms with Crippen molar-refractivity contribution in [3.8, 4) is 17.2 Å². The fraction of sp³-hybridized carbons (Fsp3) is 0.409. The Morgan fingerprint density at radius 1 is 1.17 bits per heavy atom. The Hall–Kier alpha value is -2.11. The molecule has 154 valence electrons. The number of nitrogens with zero attached hydrogens (tertiary/aromatic N) is 1. The second-order valence-electron chi connectivity index (χ2n) is 7.34. The van der Waals surface area contributed by atoms with Crippen LogP contribution >= 0.6 is 23.2 Å². The fourth-order valence-electron chi connectivity index (χ4n) is 3.82. The zero-order valence-corrected chi connectivity index (χ0v) is 17.9. The minimum atomic E-state index is -0.668. The maximum atomic E-state index is 13.1. The zero-order valence-electron chi connectivity index (χ0n) is 16.4. The summed E-state index contributed by atoms with van der Waals surface area (Å²) in [5.74, 6) is 1.90. The van der Waals surface area contributed by atoms with Crippen molar-refractivity contribution in [3.05, 3.63) is 51.5 Å². The topological polar surface area (TPSA) is 48.0 Å². The first kappa shape index (κ1) is 20.2. The fourth-order valence-corrected chi connectivity index (χ4v) is 4.27. The van der Waals surface area contributed by atoms with Gasteiger partial charge in [-0.25, -0.2) is 0 Å². The van der Waals surface area contributed by atoms with E-state index in [0.717, 1.165) is 29.9 Å². The van der Waals surface area contributed by atoms with Crippen LogP contribution in [0.3, 0.4) is 0 Å². The lowest BCUT2D eigenvalue weighted by molar-refractivity contribution is -0.140. The molecule has 0 radical (unpaired) electrons. The average molecular weight is 436 g/mol. The average Bonchev–Trinajstić information content (AvgIpc) is 2.93. The molecule has 5 nitrogen and oxygen atoms in total. The van der Waals surface area contributed by atoms with Crippen molar-refractivity contribution in [3.63, 3.8) is 0 Å². The van der Waals surface area contributed by atoms with Crippen molar-refractivity contribution in [2.24, 2.45) is 0 Å². The van der Waals surface area contributed by atoms with Gasteiger partial charge in [0.2, 0.25) is 0 Å². The number of ether oxygens (including phenoxy) is 3. The summed E-state index contributed by atoms with van der Waals surface area (Å²) in [6.45, 7) is 5.68. The van der Waals surface area contributed by atoms with Crippen LogP contribution in [0.4, 0.5) is 0 Å². The van der Waals surface area contributed by atoms with Gasteiger partial charge in [0.15, 0.2) is 17.6 Å². The normalized spacial score (nSPS) is 19.2. The second-order valence-corrected chi connectivity index (χ2v) is 8.18. The molecule has 0 fully saturated rings. The maximum Gasteiger partial charge on any atom is 0.263 e. The molecular formula is C22H23Cl2NO4. The second kappa shape index (κ2) is 8.33. The highest BCUT2D eigenvalue weighted by Gasteiger charge is 2.32. The van der Waals surface area contributed by atoms with Gasteiger partial charge >= 0.3 is 0 Å². The Balaban J connectivity index is 1.52. The van der Waals surface area contributed by atoms with Crippen molar-refractivity contribution in [2.75, 3.05) is 19.8 Å². The summed E-state index contributed by atoms with van der Waals surface area (Å²) in [5, 5.41) is 0.905. The number of carbonyl (C=O) groups is 1. The number of carbonyl (C=O) groups excluding carboxylic acids is 1. The van der Waals surface area contributed by atoms with E-state index in [4.69, 9.17) is 37.4 Å². The van der Waals surface area contributed by atoms with Crippen molar-refractivity contribution < 1.29 is 19.0 Å². The smallest absolute Gasteiger partial charge is 0.263 e. The summed E-state index contributed by atoms with van der Waals surface area (Å²) in [6.07, 6.45) is 0.955. The van der Waals surface area contributed by atoms with Gasteiger partial charge < -0.3 is 19.1 Å². The third-order valence-electron chi connectivity index (χ3n) is 5.38. The van der Waals surface area contributed by atoms with Gasteiger partial charge in [-0.2, -0.15) is 0 Å². The summed E-state index contributed by atoms with van der Waals surface area (Å²) in [7, 11) is 0. The van der Waals surface area contributed by atoms with Gasteiger partial charge in [-0.3, -0.25) is 4.79 Å². The van der Waals surface area contributed by atoms with Gasteiger partial charge in [-0.15, -0.1) is 0 Å². The van der Waals surface area contributed by atoms with Crippen molar-refractivity contribution in [2.45, 2.75) is 38.8 Å². The number of amides is 1. The van der Waals surface area contributed by atoms with E-state index in [-0.39, 0.29) is 11.9 Å². The largest absolute Gasteiger partial charge is 0.490 e. The molecule has 29 heavy (non-hydrogen) atoms. The summed E-state index contributed by atoms with van der Waals surface area (Å²) in [5.41, 5.74) is 2.28. The van der Waals surface area contributed by atoms with E-state index in [1.807, 2.05) is 17.9 Å².